The molecule has 0 bridgehead atoms. The Labute approximate surface area is 90.2 Å². The van der Waals surface area contributed by atoms with Gasteiger partial charge in [-0.1, -0.05) is 13.3 Å². The van der Waals surface area contributed by atoms with Crippen molar-refractivity contribution in [2.75, 3.05) is 13.1 Å². The molecule has 0 heterocycles. The van der Waals surface area contributed by atoms with Crippen molar-refractivity contribution >= 4 is 11.9 Å². The van der Waals surface area contributed by atoms with Crippen molar-refractivity contribution in [2.45, 2.75) is 39.2 Å². The molecule has 0 aromatic rings. The summed E-state index contributed by atoms with van der Waals surface area (Å²) in [6.45, 7) is 4.53. The van der Waals surface area contributed by atoms with Crippen molar-refractivity contribution in [1.29, 1.82) is 0 Å². The highest BCUT2D eigenvalue weighted by atomic mass is 16.4. The van der Waals surface area contributed by atoms with Crippen LogP contribution in [0.3, 0.4) is 0 Å². The van der Waals surface area contributed by atoms with E-state index in [1.54, 1.807) is 0 Å². The van der Waals surface area contributed by atoms with Crippen molar-refractivity contribution in [1.82, 2.24) is 10.6 Å². The lowest BCUT2D eigenvalue weighted by Crippen LogP contribution is -2.39. The van der Waals surface area contributed by atoms with Gasteiger partial charge in [-0.2, -0.15) is 0 Å². The van der Waals surface area contributed by atoms with Crippen LogP contribution in [0.25, 0.3) is 0 Å². The fourth-order valence-electron chi connectivity index (χ4n) is 1.23. The number of nitrogens with one attached hydrogen (secondary N) is 2. The SMILES string of the molecule is CCCC(C)NC(=O)CNCCC(=O)O. The molecule has 0 aromatic heterocycles. The van der Waals surface area contributed by atoms with E-state index in [1.165, 1.54) is 0 Å². The van der Waals surface area contributed by atoms with Crippen LogP contribution >= 0.6 is 0 Å². The Bertz CT molecular complexity index is 207. The third-order valence-electron chi connectivity index (χ3n) is 1.93. The quantitative estimate of drug-likeness (QED) is 0.512. The number of carboxylic acids is 1. The van der Waals surface area contributed by atoms with Crippen LogP contribution in [0.4, 0.5) is 0 Å². The highest BCUT2D eigenvalue weighted by Crippen LogP contribution is 1.93. The molecule has 1 amide bonds. The summed E-state index contributed by atoms with van der Waals surface area (Å²) >= 11 is 0. The summed E-state index contributed by atoms with van der Waals surface area (Å²) in [7, 11) is 0. The number of carbonyl (C=O) groups excluding carboxylic acids is 1. The predicted molar refractivity (Wildman–Crippen MR) is 57.6 cm³/mol. The Morgan fingerprint density at radius 3 is 2.60 bits per heavy atom. The lowest BCUT2D eigenvalue weighted by molar-refractivity contribution is -0.137. The zero-order valence-electron chi connectivity index (χ0n) is 9.38. The van der Waals surface area contributed by atoms with Gasteiger partial charge >= 0.3 is 5.97 Å². The monoisotopic (exact) mass is 216 g/mol. The standard InChI is InChI=1S/C10H20N2O3/c1-3-4-8(2)12-9(13)7-11-6-5-10(14)15/h8,11H,3-7H2,1-2H3,(H,12,13)(H,14,15). The van der Waals surface area contributed by atoms with Crippen LogP contribution < -0.4 is 10.6 Å². The second-order valence-electron chi connectivity index (χ2n) is 3.58. The number of hydrogen-bond donors (Lipinski definition) is 3. The molecule has 0 saturated heterocycles. The number of amides is 1. The smallest absolute Gasteiger partial charge is 0.304 e. The van der Waals surface area contributed by atoms with Gasteiger partial charge in [0.25, 0.3) is 0 Å². The van der Waals surface area contributed by atoms with Gasteiger partial charge in [0.1, 0.15) is 0 Å². The van der Waals surface area contributed by atoms with E-state index in [4.69, 9.17) is 5.11 Å². The second-order valence-corrected chi connectivity index (χ2v) is 3.58. The van der Waals surface area contributed by atoms with Crippen molar-refractivity contribution in [2.24, 2.45) is 0 Å². The zero-order valence-corrected chi connectivity index (χ0v) is 9.38. The summed E-state index contributed by atoms with van der Waals surface area (Å²) in [5.41, 5.74) is 0. The summed E-state index contributed by atoms with van der Waals surface area (Å²) in [6, 6.07) is 0.184. The van der Waals surface area contributed by atoms with Gasteiger partial charge in [-0.25, -0.2) is 0 Å². The van der Waals surface area contributed by atoms with Gasteiger partial charge in [0.15, 0.2) is 0 Å². The number of aliphatic carboxylic acids is 1. The van der Waals surface area contributed by atoms with E-state index in [9.17, 15) is 9.59 Å². The van der Waals surface area contributed by atoms with Crippen molar-refractivity contribution in [3.63, 3.8) is 0 Å². The predicted octanol–water partition coefficient (Wildman–Crippen LogP) is 0.355. The molecule has 88 valence electrons. The van der Waals surface area contributed by atoms with Crippen molar-refractivity contribution < 1.29 is 14.7 Å². The summed E-state index contributed by atoms with van der Waals surface area (Å²) in [6.07, 6.45) is 2.03. The molecule has 0 aromatic carbocycles. The molecule has 1 unspecified atom stereocenters. The number of hydrogen-bond acceptors (Lipinski definition) is 3. The van der Waals surface area contributed by atoms with E-state index in [0.29, 0.717) is 6.54 Å². The first-order chi connectivity index (χ1) is 7.06. The fourth-order valence-corrected chi connectivity index (χ4v) is 1.23. The van der Waals surface area contributed by atoms with Crippen LogP contribution in [0.15, 0.2) is 0 Å². The molecular weight excluding hydrogens is 196 g/mol. The minimum atomic E-state index is -0.859. The molecular formula is C10H20N2O3. The van der Waals surface area contributed by atoms with Crippen molar-refractivity contribution in [3.05, 3.63) is 0 Å². The summed E-state index contributed by atoms with van der Waals surface area (Å²) in [5, 5.41) is 13.9. The molecule has 0 radical (unpaired) electrons. The van der Waals surface area contributed by atoms with Crippen LogP contribution in [0.2, 0.25) is 0 Å². The fraction of sp³-hybridized carbons (Fsp3) is 0.800. The van der Waals surface area contributed by atoms with E-state index in [0.717, 1.165) is 12.8 Å². The van der Waals surface area contributed by atoms with Crippen LogP contribution in [0, 0.1) is 0 Å². The lowest BCUT2D eigenvalue weighted by atomic mass is 10.2. The Balaban J connectivity index is 3.44. The van der Waals surface area contributed by atoms with Gasteiger partial charge in [0.05, 0.1) is 13.0 Å². The van der Waals surface area contributed by atoms with Crippen LogP contribution in [0.5, 0.6) is 0 Å². The molecule has 0 aliphatic rings. The van der Waals surface area contributed by atoms with E-state index in [2.05, 4.69) is 17.6 Å². The Morgan fingerprint density at radius 1 is 1.40 bits per heavy atom. The van der Waals surface area contributed by atoms with Crippen LogP contribution in [0.1, 0.15) is 33.1 Å². The molecule has 0 aliphatic heterocycles. The van der Waals surface area contributed by atoms with Gasteiger partial charge < -0.3 is 15.7 Å². The van der Waals surface area contributed by atoms with Gasteiger partial charge in [0, 0.05) is 12.6 Å². The highest BCUT2D eigenvalue weighted by Gasteiger charge is 2.05. The minimum absolute atomic E-state index is 0.0395. The summed E-state index contributed by atoms with van der Waals surface area (Å²) in [5.74, 6) is -0.941. The van der Waals surface area contributed by atoms with E-state index in [1.807, 2.05) is 6.92 Å². The van der Waals surface area contributed by atoms with Crippen molar-refractivity contribution in [3.8, 4) is 0 Å². The normalized spacial score (nSPS) is 12.1. The third kappa shape index (κ3) is 9.21. The molecule has 0 fully saturated rings. The topological polar surface area (TPSA) is 78.4 Å². The largest absolute Gasteiger partial charge is 0.481 e. The van der Waals surface area contributed by atoms with E-state index >= 15 is 0 Å². The van der Waals surface area contributed by atoms with Crippen LogP contribution in [-0.2, 0) is 9.59 Å². The van der Waals surface area contributed by atoms with Crippen LogP contribution in [-0.4, -0.2) is 36.1 Å². The molecule has 0 saturated carbocycles. The molecule has 0 spiro atoms. The molecule has 1 atom stereocenters. The first kappa shape index (κ1) is 13.9. The van der Waals surface area contributed by atoms with E-state index < -0.39 is 5.97 Å². The number of carbonyl (C=O) groups is 2. The van der Waals surface area contributed by atoms with Gasteiger partial charge in [0.2, 0.25) is 5.91 Å². The zero-order chi connectivity index (χ0) is 11.7. The first-order valence-electron chi connectivity index (χ1n) is 5.28. The average Bonchev–Trinajstić information content (AvgIpc) is 2.12. The van der Waals surface area contributed by atoms with Gasteiger partial charge in [-0.15, -0.1) is 0 Å². The van der Waals surface area contributed by atoms with E-state index in [-0.39, 0.29) is 24.9 Å². The molecule has 0 rings (SSSR count). The molecule has 5 nitrogen and oxygen atoms in total. The summed E-state index contributed by atoms with van der Waals surface area (Å²) in [4.78, 5) is 21.4. The molecule has 3 N–H and O–H groups in total. The maximum absolute atomic E-state index is 11.3. The number of rotatable bonds is 8. The first-order valence-corrected chi connectivity index (χ1v) is 5.28. The molecule has 0 aliphatic carbocycles. The summed E-state index contributed by atoms with van der Waals surface area (Å²) < 4.78 is 0. The minimum Gasteiger partial charge on any atom is -0.481 e. The third-order valence-corrected chi connectivity index (χ3v) is 1.93. The maximum Gasteiger partial charge on any atom is 0.304 e. The Hall–Kier alpha value is -1.10. The van der Waals surface area contributed by atoms with Gasteiger partial charge in [-0.3, -0.25) is 9.59 Å². The van der Waals surface area contributed by atoms with Gasteiger partial charge in [-0.05, 0) is 13.3 Å². The second kappa shape index (κ2) is 8.23. The Kier molecular flexibility index (Phi) is 7.62. The Morgan fingerprint density at radius 2 is 2.07 bits per heavy atom. The average molecular weight is 216 g/mol. The lowest BCUT2D eigenvalue weighted by Gasteiger charge is -2.12. The number of carboxylic acid groups (broad SMARTS) is 1. The molecule has 15 heavy (non-hydrogen) atoms. The highest BCUT2D eigenvalue weighted by molar-refractivity contribution is 5.78. The maximum atomic E-state index is 11.3. The molecule has 5 heteroatoms.